The first-order valence-electron chi connectivity index (χ1n) is 32.9. The van der Waals surface area contributed by atoms with Crippen molar-refractivity contribution in [1.29, 1.82) is 10.5 Å². The largest absolute Gasteiger partial charge is 0.364 e. The van der Waals surface area contributed by atoms with Gasteiger partial charge in [0.2, 0.25) is 11.6 Å². The molecule has 502 valence electrons. The number of nitro groups is 2. The second-order valence-corrected chi connectivity index (χ2v) is 24.3. The molecule has 0 amide bonds. The van der Waals surface area contributed by atoms with Gasteiger partial charge in [-0.3, -0.25) is 20.2 Å². The number of aromatic nitrogens is 6. The average Bonchev–Trinajstić information content (AvgIpc) is 1.61. The Morgan fingerprint density at radius 3 is 1.05 bits per heavy atom. The third-order valence-electron chi connectivity index (χ3n) is 17.6. The summed E-state index contributed by atoms with van der Waals surface area (Å²) in [4.78, 5) is 33.8. The molecule has 0 aliphatic rings. The lowest BCUT2D eigenvalue weighted by molar-refractivity contribution is -0.384. The second-order valence-electron chi connectivity index (χ2n) is 24.3. The maximum atomic E-state index is 12.2. The highest BCUT2D eigenvalue weighted by Gasteiger charge is 2.26. The zero-order chi connectivity index (χ0) is 71.2. The first kappa shape index (κ1) is 64.9. The van der Waals surface area contributed by atoms with E-state index < -0.39 is 9.85 Å². The molecule has 0 spiro atoms. The van der Waals surface area contributed by atoms with Gasteiger partial charge in [0.1, 0.15) is 46.3 Å². The minimum Gasteiger partial charge on any atom is -0.364 e. The first-order chi connectivity index (χ1) is 50.9. The summed E-state index contributed by atoms with van der Waals surface area (Å²) in [5.41, 5.74) is 6.84. The van der Waals surface area contributed by atoms with Crippen LogP contribution in [0, 0.1) is 56.7 Å². The van der Waals surface area contributed by atoms with E-state index >= 15 is 0 Å². The van der Waals surface area contributed by atoms with Crippen molar-refractivity contribution in [2.24, 2.45) is 20.5 Å². The number of hydrogen-bond donors (Lipinski definition) is 6. The lowest BCUT2D eigenvalue weighted by Gasteiger charge is -2.18. The maximum Gasteiger partial charge on any atom is 0.294 e. The number of rotatable bonds is 22. The molecule has 0 aliphatic carbocycles. The van der Waals surface area contributed by atoms with E-state index in [1.165, 1.54) is 21.5 Å². The molecule has 4 aromatic heterocycles. The molecule has 0 atom stereocenters. The van der Waals surface area contributed by atoms with Crippen LogP contribution >= 0.6 is 0 Å². The molecule has 0 aliphatic heterocycles. The topological polar surface area (TPSA) is 317 Å². The van der Waals surface area contributed by atoms with Crippen molar-refractivity contribution in [1.82, 2.24) is 29.5 Å². The van der Waals surface area contributed by atoms with Gasteiger partial charge in [-0.1, -0.05) is 170 Å². The molecule has 104 heavy (non-hydrogen) atoms. The Kier molecular flexibility index (Phi) is 17.7. The number of nitriles is 2. The lowest BCUT2D eigenvalue weighted by atomic mass is 10.1. The molecule has 4 heterocycles. The molecule has 15 aromatic rings. The fraction of sp³-hybridized carbons (Fsp3) is 0.0500. The quantitative estimate of drug-likeness (QED) is 0.0209. The number of nitrogens with one attached hydrogen (secondary N) is 6. The predicted octanol–water partition coefficient (Wildman–Crippen LogP) is 20.7. The molecule has 0 bridgehead atoms. The molecule has 11 aromatic carbocycles. The zero-order valence-corrected chi connectivity index (χ0v) is 55.6. The Hall–Kier alpha value is -15.0. The summed E-state index contributed by atoms with van der Waals surface area (Å²) in [6, 6.07) is 84.5. The van der Waals surface area contributed by atoms with Crippen molar-refractivity contribution < 1.29 is 9.85 Å². The molecule has 0 radical (unpaired) electrons. The third-order valence-corrected chi connectivity index (χ3v) is 17.6. The fourth-order valence-corrected chi connectivity index (χ4v) is 12.3. The molecule has 24 heteroatoms. The fourth-order valence-electron chi connectivity index (χ4n) is 12.3. The summed E-state index contributed by atoms with van der Waals surface area (Å²) in [6.07, 6.45) is 0. The van der Waals surface area contributed by atoms with E-state index in [1.807, 2.05) is 206 Å². The van der Waals surface area contributed by atoms with Crippen LogP contribution in [-0.4, -0.2) is 39.4 Å². The summed E-state index contributed by atoms with van der Waals surface area (Å²) in [6.45, 7) is 3.73. The Morgan fingerprint density at radius 1 is 0.394 bits per heavy atom. The standard InChI is InChI=1S/C80H58N20O4/c1-49-65(45-81)77(95-97(49)69-23-11-13-25-71(69)99(101)102)93-91-75-67(85-61-35-31-53-15-3-7-19-57(53)39-61)43-73(87-63-37-33-55-17-5-9-21-59(55)41-63)89-79(75)83-47-51-27-29-52(30-28-51)48-84-80-76(92-94-78-66(46-82)50(2)98(96-78)70-24-12-14-26-72(70)100(103)104)68(86-62-36-32-54-16-4-8-20-58(54)40-62)44-74(90-80)88-64-38-34-56-18-6-10-22-60(56)42-64/h3-44H,47-48H2,1-2H3,(H3,83,85,87,89)(H3,84,86,88,90). The van der Waals surface area contributed by atoms with Gasteiger partial charge in [-0.15, -0.1) is 30.7 Å². The van der Waals surface area contributed by atoms with Crippen LogP contribution in [0.1, 0.15) is 33.6 Å². The molecule has 15 rings (SSSR count). The molecular weight excluding hydrogens is 1310 g/mol. The predicted molar refractivity (Wildman–Crippen MR) is 406 cm³/mol. The van der Waals surface area contributed by atoms with E-state index in [4.69, 9.17) is 20.2 Å². The third kappa shape index (κ3) is 13.7. The molecule has 0 saturated carbocycles. The van der Waals surface area contributed by atoms with E-state index in [2.05, 4.69) is 64.5 Å². The summed E-state index contributed by atoms with van der Waals surface area (Å²) >= 11 is 0. The molecule has 0 unspecified atom stereocenters. The van der Waals surface area contributed by atoms with Crippen LogP contribution in [0.4, 0.5) is 91.8 Å². The highest BCUT2D eigenvalue weighted by molar-refractivity contribution is 5.93. The Balaban J connectivity index is 0.793. The highest BCUT2D eigenvalue weighted by Crippen LogP contribution is 2.43. The van der Waals surface area contributed by atoms with Crippen LogP contribution in [0.15, 0.2) is 275 Å². The SMILES string of the molecule is Cc1c(C#N)c(N=Nc2c(Nc3ccc4ccccc4c3)cc(Nc3ccc4ccccc4c3)nc2NCc2ccc(CNc3nc(Nc4ccc5ccccc5c4)cc(Nc4ccc5ccccc5c4)c3N=Nc3nn(-c4ccccc4[N+](=O)[O-])c(C)c3C#N)cc2)nn1-c1ccccc1[N+](=O)[O-]. The number of para-hydroxylation sites is 4. The second kappa shape index (κ2) is 28.4. The zero-order valence-electron chi connectivity index (χ0n) is 55.6. The Labute approximate surface area is 593 Å². The molecule has 24 nitrogen and oxygen atoms in total. The lowest BCUT2D eigenvalue weighted by Crippen LogP contribution is -2.07. The average molecular weight is 1360 g/mol. The van der Waals surface area contributed by atoms with E-state index in [0.29, 0.717) is 46.0 Å². The minimum absolute atomic E-state index is 0.0652. The Morgan fingerprint density at radius 2 is 0.712 bits per heavy atom. The van der Waals surface area contributed by atoms with Gasteiger partial charge in [-0.2, -0.15) is 10.5 Å². The summed E-state index contributed by atoms with van der Waals surface area (Å²) in [7, 11) is 0. The van der Waals surface area contributed by atoms with Crippen molar-refractivity contribution in [3.8, 4) is 23.5 Å². The normalized spacial score (nSPS) is 11.3. The van der Waals surface area contributed by atoms with Gasteiger partial charge in [0.25, 0.3) is 11.4 Å². The summed E-state index contributed by atoms with van der Waals surface area (Å²) in [5, 5.41) is 103. The van der Waals surface area contributed by atoms with E-state index in [9.17, 15) is 30.8 Å². The van der Waals surface area contributed by atoms with Gasteiger partial charge >= 0.3 is 0 Å². The number of fused-ring (bicyclic) bond motifs is 4. The number of anilines is 10. The van der Waals surface area contributed by atoms with Gasteiger partial charge < -0.3 is 31.9 Å². The molecular formula is C80H58N20O4. The maximum absolute atomic E-state index is 12.2. The van der Waals surface area contributed by atoms with Crippen molar-refractivity contribution in [3.63, 3.8) is 0 Å². The number of hydrogen-bond acceptors (Lipinski definition) is 20. The van der Waals surface area contributed by atoms with Gasteiger partial charge in [-0.25, -0.2) is 19.3 Å². The van der Waals surface area contributed by atoms with Crippen LogP contribution in [0.5, 0.6) is 0 Å². The van der Waals surface area contributed by atoms with E-state index in [-0.39, 0.29) is 70.0 Å². The van der Waals surface area contributed by atoms with Crippen LogP contribution in [0.25, 0.3) is 54.5 Å². The van der Waals surface area contributed by atoms with E-state index in [0.717, 1.165) is 77.0 Å². The first-order valence-corrected chi connectivity index (χ1v) is 32.9. The van der Waals surface area contributed by atoms with Crippen LogP contribution < -0.4 is 31.9 Å². The monoisotopic (exact) mass is 1360 g/mol. The number of nitrogens with zero attached hydrogens (tertiary/aromatic N) is 14. The van der Waals surface area contributed by atoms with Gasteiger partial charge in [-0.05, 0) is 129 Å². The highest BCUT2D eigenvalue weighted by atomic mass is 16.6. The van der Waals surface area contributed by atoms with Crippen LogP contribution in [0.3, 0.4) is 0 Å². The van der Waals surface area contributed by atoms with Crippen molar-refractivity contribution in [2.75, 3.05) is 31.9 Å². The van der Waals surface area contributed by atoms with Crippen molar-refractivity contribution >= 4 is 135 Å². The van der Waals surface area contributed by atoms with Crippen LogP contribution in [-0.2, 0) is 13.1 Å². The summed E-state index contributed by atoms with van der Waals surface area (Å²) < 4.78 is 2.65. The van der Waals surface area contributed by atoms with Gasteiger partial charge in [0.15, 0.2) is 23.0 Å². The number of nitro benzene ring substituents is 2. The number of benzene rings is 11. The van der Waals surface area contributed by atoms with Gasteiger partial charge in [0, 0.05) is 60.1 Å². The van der Waals surface area contributed by atoms with Crippen LogP contribution in [0.2, 0.25) is 0 Å². The van der Waals surface area contributed by atoms with Crippen molar-refractivity contribution in [2.45, 2.75) is 26.9 Å². The molecule has 0 fully saturated rings. The van der Waals surface area contributed by atoms with Crippen molar-refractivity contribution in [3.05, 3.63) is 309 Å². The van der Waals surface area contributed by atoms with E-state index in [1.54, 1.807) is 50.2 Å². The minimum atomic E-state index is -0.506. The summed E-state index contributed by atoms with van der Waals surface area (Å²) in [5.74, 6) is 1.36. The smallest absolute Gasteiger partial charge is 0.294 e. The number of azo groups is 2. The van der Waals surface area contributed by atoms with Gasteiger partial charge in [0.05, 0.1) is 32.6 Å². The molecule has 0 saturated heterocycles. The Bertz CT molecular complexity index is 5690. The number of pyridine rings is 2. The molecule has 6 N–H and O–H groups in total.